The Bertz CT molecular complexity index is 1220. The fourth-order valence-corrected chi connectivity index (χ4v) is 3.06. The van der Waals surface area contributed by atoms with Gasteiger partial charge in [0, 0.05) is 10.9 Å². The zero-order valence-corrected chi connectivity index (χ0v) is 14.9. The summed E-state index contributed by atoms with van der Waals surface area (Å²) in [6.45, 7) is 0.313. The van der Waals surface area contributed by atoms with Crippen LogP contribution in [-0.4, -0.2) is 10.2 Å². The number of aromatic nitrogens is 2. The van der Waals surface area contributed by atoms with E-state index in [1.807, 2.05) is 72.8 Å². The van der Waals surface area contributed by atoms with Crippen LogP contribution in [0.3, 0.4) is 0 Å². The lowest BCUT2D eigenvalue weighted by Crippen LogP contribution is -1.94. The molecule has 136 valence electrons. The number of hydrogen-bond acceptors (Lipinski definition) is 5. The van der Waals surface area contributed by atoms with Crippen molar-refractivity contribution >= 4 is 10.8 Å². The van der Waals surface area contributed by atoms with E-state index in [1.165, 1.54) is 0 Å². The topological polar surface area (TPSA) is 61.3 Å². The molecule has 0 amide bonds. The van der Waals surface area contributed by atoms with Gasteiger partial charge >= 0.3 is 0 Å². The third-order valence-corrected chi connectivity index (χ3v) is 4.44. The van der Waals surface area contributed by atoms with Crippen molar-refractivity contribution in [3.05, 3.63) is 90.7 Å². The zero-order chi connectivity index (χ0) is 18.8. The van der Waals surface area contributed by atoms with Gasteiger partial charge in [-0.25, -0.2) is 0 Å². The van der Waals surface area contributed by atoms with E-state index >= 15 is 0 Å². The van der Waals surface area contributed by atoms with Gasteiger partial charge in [-0.3, -0.25) is 0 Å². The van der Waals surface area contributed by atoms with Crippen molar-refractivity contribution in [1.29, 1.82) is 0 Å². The second-order valence-electron chi connectivity index (χ2n) is 6.31. The fourth-order valence-electron chi connectivity index (χ4n) is 3.06. The monoisotopic (exact) mass is 368 g/mol. The molecule has 0 aliphatic rings. The lowest BCUT2D eigenvalue weighted by atomic mass is 10.1. The molecule has 0 aliphatic carbocycles. The lowest BCUT2D eigenvalue weighted by Gasteiger charge is -2.07. The minimum atomic E-state index is 0.313. The van der Waals surface area contributed by atoms with Crippen LogP contribution in [0.2, 0.25) is 0 Å². The highest BCUT2D eigenvalue weighted by molar-refractivity contribution is 5.88. The minimum Gasteiger partial charge on any atom is -0.485 e. The Kier molecular flexibility index (Phi) is 4.10. The molecule has 0 bridgehead atoms. The van der Waals surface area contributed by atoms with Crippen LogP contribution in [0.5, 0.6) is 5.75 Å². The van der Waals surface area contributed by atoms with E-state index in [9.17, 15) is 0 Å². The van der Waals surface area contributed by atoms with Gasteiger partial charge in [0.25, 0.3) is 5.89 Å². The fraction of sp³-hybridized carbons (Fsp3) is 0.0435. The van der Waals surface area contributed by atoms with Crippen molar-refractivity contribution in [3.8, 4) is 28.9 Å². The number of benzene rings is 3. The quantitative estimate of drug-likeness (QED) is 0.396. The number of nitrogens with zero attached hydrogens (tertiary/aromatic N) is 2. The molecule has 2 aromatic heterocycles. The minimum absolute atomic E-state index is 0.313. The van der Waals surface area contributed by atoms with Crippen LogP contribution in [0.4, 0.5) is 0 Å². The summed E-state index contributed by atoms with van der Waals surface area (Å²) in [6.07, 6.45) is 0. The van der Waals surface area contributed by atoms with Crippen molar-refractivity contribution in [3.63, 3.8) is 0 Å². The Morgan fingerprint density at radius 2 is 1.46 bits per heavy atom. The van der Waals surface area contributed by atoms with Crippen molar-refractivity contribution in [2.24, 2.45) is 0 Å². The average molecular weight is 368 g/mol. The highest BCUT2D eigenvalue weighted by Crippen LogP contribution is 2.28. The molecule has 5 nitrogen and oxygen atoms in total. The van der Waals surface area contributed by atoms with Crippen molar-refractivity contribution in [2.45, 2.75) is 6.61 Å². The van der Waals surface area contributed by atoms with E-state index in [0.717, 1.165) is 22.1 Å². The van der Waals surface area contributed by atoms with Gasteiger partial charge in [0.2, 0.25) is 5.89 Å². The Balaban J connectivity index is 1.33. The van der Waals surface area contributed by atoms with Gasteiger partial charge in [0.05, 0.1) is 0 Å². The number of fused-ring (bicyclic) bond motifs is 1. The molecule has 0 N–H and O–H groups in total. The smallest absolute Gasteiger partial charge is 0.283 e. The normalized spacial score (nSPS) is 11.0. The predicted molar refractivity (Wildman–Crippen MR) is 106 cm³/mol. The molecule has 5 heteroatoms. The van der Waals surface area contributed by atoms with Gasteiger partial charge in [0.15, 0.2) is 5.76 Å². The summed E-state index contributed by atoms with van der Waals surface area (Å²) in [7, 11) is 0. The molecule has 0 fully saturated rings. The van der Waals surface area contributed by atoms with E-state index in [1.54, 1.807) is 0 Å². The summed E-state index contributed by atoms with van der Waals surface area (Å²) in [5.41, 5.74) is 0.868. The standard InChI is InChI=1S/C23H16N2O3/c1-2-8-17(9-3-1)22-24-25-23(28-22)21-14-13-18(27-21)15-26-20-12-6-10-16-7-4-5-11-19(16)20/h1-14H,15H2. The predicted octanol–water partition coefficient (Wildman–Crippen LogP) is 5.73. The molecule has 0 radical (unpaired) electrons. The Hall–Kier alpha value is -3.86. The molecular formula is C23H16N2O3. The molecule has 5 rings (SSSR count). The molecule has 3 aromatic carbocycles. The second-order valence-corrected chi connectivity index (χ2v) is 6.31. The highest BCUT2D eigenvalue weighted by Gasteiger charge is 2.14. The molecule has 0 atom stereocenters. The first-order chi connectivity index (χ1) is 13.9. The largest absolute Gasteiger partial charge is 0.485 e. The summed E-state index contributed by atoms with van der Waals surface area (Å²) in [6, 6.07) is 27.4. The first-order valence-electron chi connectivity index (χ1n) is 8.95. The lowest BCUT2D eigenvalue weighted by molar-refractivity contribution is 0.274. The van der Waals surface area contributed by atoms with E-state index in [-0.39, 0.29) is 0 Å². The number of furan rings is 1. The number of ether oxygens (including phenoxy) is 1. The summed E-state index contributed by atoms with van der Waals surface area (Å²) in [5, 5.41) is 10.4. The van der Waals surface area contributed by atoms with E-state index in [4.69, 9.17) is 13.6 Å². The van der Waals surface area contributed by atoms with Gasteiger partial charge < -0.3 is 13.6 Å². The Morgan fingerprint density at radius 1 is 0.679 bits per heavy atom. The molecule has 0 spiro atoms. The van der Waals surface area contributed by atoms with Crippen LogP contribution in [0.1, 0.15) is 5.76 Å². The van der Waals surface area contributed by atoms with Gasteiger partial charge in [0.1, 0.15) is 18.1 Å². The first kappa shape index (κ1) is 16.3. The maximum absolute atomic E-state index is 5.97. The molecular weight excluding hydrogens is 352 g/mol. The average Bonchev–Trinajstić information content (AvgIpc) is 3.42. The van der Waals surface area contributed by atoms with Crippen LogP contribution in [-0.2, 0) is 6.61 Å². The van der Waals surface area contributed by atoms with Gasteiger partial charge in [-0.1, -0.05) is 54.6 Å². The maximum Gasteiger partial charge on any atom is 0.283 e. The van der Waals surface area contributed by atoms with Crippen LogP contribution >= 0.6 is 0 Å². The summed E-state index contributed by atoms with van der Waals surface area (Å²) in [5.74, 6) is 2.82. The molecule has 5 aromatic rings. The van der Waals surface area contributed by atoms with Crippen LogP contribution < -0.4 is 4.74 Å². The number of hydrogen-bond donors (Lipinski definition) is 0. The van der Waals surface area contributed by atoms with Crippen LogP contribution in [0.25, 0.3) is 33.9 Å². The van der Waals surface area contributed by atoms with Crippen LogP contribution in [0.15, 0.2) is 93.8 Å². The summed E-state index contributed by atoms with van der Waals surface area (Å²) in [4.78, 5) is 0. The molecule has 0 unspecified atom stereocenters. The van der Waals surface area contributed by atoms with E-state index < -0.39 is 0 Å². The molecule has 2 heterocycles. The summed E-state index contributed by atoms with van der Waals surface area (Å²) < 4.78 is 17.5. The highest BCUT2D eigenvalue weighted by atomic mass is 16.5. The van der Waals surface area contributed by atoms with E-state index in [0.29, 0.717) is 29.9 Å². The number of rotatable bonds is 5. The first-order valence-corrected chi connectivity index (χ1v) is 8.95. The Labute approximate surface area is 161 Å². The molecule has 0 saturated carbocycles. The van der Waals surface area contributed by atoms with Crippen molar-refractivity contribution in [1.82, 2.24) is 10.2 Å². The third kappa shape index (κ3) is 3.14. The van der Waals surface area contributed by atoms with Crippen LogP contribution in [0, 0.1) is 0 Å². The van der Waals surface area contributed by atoms with Crippen molar-refractivity contribution < 1.29 is 13.6 Å². The van der Waals surface area contributed by atoms with Gasteiger partial charge in [-0.05, 0) is 35.7 Å². The Morgan fingerprint density at radius 3 is 2.39 bits per heavy atom. The molecule has 28 heavy (non-hydrogen) atoms. The molecule has 0 saturated heterocycles. The third-order valence-electron chi connectivity index (χ3n) is 4.44. The summed E-state index contributed by atoms with van der Waals surface area (Å²) >= 11 is 0. The van der Waals surface area contributed by atoms with E-state index in [2.05, 4.69) is 22.3 Å². The van der Waals surface area contributed by atoms with Gasteiger partial charge in [-0.2, -0.15) is 0 Å². The maximum atomic E-state index is 5.97. The van der Waals surface area contributed by atoms with Crippen molar-refractivity contribution in [2.75, 3.05) is 0 Å². The molecule has 0 aliphatic heterocycles. The zero-order valence-electron chi connectivity index (χ0n) is 14.9. The second kappa shape index (κ2) is 7.04. The SMILES string of the molecule is c1ccc(-c2nnc(-c3ccc(COc4cccc5ccccc45)o3)o2)cc1. The van der Waals surface area contributed by atoms with Gasteiger partial charge in [-0.15, -0.1) is 10.2 Å².